The molecule has 2 aromatic rings. The van der Waals surface area contributed by atoms with Crippen molar-refractivity contribution in [2.75, 3.05) is 20.8 Å². The van der Waals surface area contributed by atoms with Crippen molar-refractivity contribution >= 4 is 35.3 Å². The second-order valence-electron chi connectivity index (χ2n) is 15.8. The van der Waals surface area contributed by atoms with Crippen molar-refractivity contribution in [3.05, 3.63) is 65.9 Å². The van der Waals surface area contributed by atoms with E-state index in [1.165, 1.54) is 14.2 Å². The van der Waals surface area contributed by atoms with Gasteiger partial charge in [-0.1, -0.05) is 75.2 Å². The van der Waals surface area contributed by atoms with Crippen LogP contribution in [-0.4, -0.2) is 84.6 Å². The number of alkyl carbamates (subject to hydrolysis) is 1. The summed E-state index contributed by atoms with van der Waals surface area (Å²) in [6.45, 7) is 12.6. The van der Waals surface area contributed by atoms with E-state index in [2.05, 4.69) is 71.5 Å². The lowest BCUT2D eigenvalue weighted by Gasteiger charge is -2.42. The van der Waals surface area contributed by atoms with E-state index in [0.717, 1.165) is 72.1 Å². The molecule has 55 heavy (non-hydrogen) atoms. The number of allylic oxidation sites excluding steroid dienone is 1. The third-order valence-electron chi connectivity index (χ3n) is 11.6. The predicted molar refractivity (Wildman–Crippen MR) is 215 cm³/mol. The van der Waals surface area contributed by atoms with E-state index in [0.29, 0.717) is 13.0 Å². The molecule has 1 saturated carbocycles. The first-order valence-corrected chi connectivity index (χ1v) is 19.9. The van der Waals surface area contributed by atoms with Gasteiger partial charge in [-0.2, -0.15) is 0 Å². The molecular weight excluding hydrogens is 697 g/mol. The Morgan fingerprint density at radius 2 is 1.40 bits per heavy atom. The van der Waals surface area contributed by atoms with Gasteiger partial charge in [-0.15, -0.1) is 0 Å². The largest absolute Gasteiger partial charge is 0.453 e. The summed E-state index contributed by atoms with van der Waals surface area (Å²) in [6, 6.07) is 15.9. The van der Waals surface area contributed by atoms with Crippen molar-refractivity contribution in [3.8, 4) is 11.1 Å². The predicted octanol–water partition coefficient (Wildman–Crippen LogP) is 7.26. The number of nitrogens with zero attached hydrogens (tertiary/aromatic N) is 3. The Balaban J connectivity index is 1.17. The summed E-state index contributed by atoms with van der Waals surface area (Å²) in [7, 11) is 2.66. The van der Waals surface area contributed by atoms with E-state index in [1.54, 1.807) is 0 Å². The lowest BCUT2D eigenvalue weighted by Crippen LogP contribution is -2.56. The van der Waals surface area contributed by atoms with E-state index in [4.69, 9.17) is 14.5 Å². The highest BCUT2D eigenvalue weighted by atomic mass is 16.5. The van der Waals surface area contributed by atoms with Crippen molar-refractivity contribution in [1.29, 1.82) is 0 Å². The molecule has 0 spiro atoms. The molecule has 2 unspecified atom stereocenters. The van der Waals surface area contributed by atoms with Gasteiger partial charge in [-0.25, -0.2) is 14.6 Å². The first-order chi connectivity index (χ1) is 26.3. The summed E-state index contributed by atoms with van der Waals surface area (Å²) in [6.07, 6.45) is 7.03. The molecule has 3 N–H and O–H groups in total. The number of carbonyl (C=O) groups excluding carboxylic acids is 4. The van der Waals surface area contributed by atoms with Gasteiger partial charge in [0.2, 0.25) is 11.8 Å². The van der Waals surface area contributed by atoms with Crippen molar-refractivity contribution in [3.63, 3.8) is 0 Å². The summed E-state index contributed by atoms with van der Waals surface area (Å²) in [4.78, 5) is 58.0. The van der Waals surface area contributed by atoms with Crippen molar-refractivity contribution < 1.29 is 28.7 Å². The zero-order chi connectivity index (χ0) is 39.8. The first kappa shape index (κ1) is 41.5. The van der Waals surface area contributed by atoms with Crippen molar-refractivity contribution in [2.24, 2.45) is 22.7 Å². The van der Waals surface area contributed by atoms with Crippen molar-refractivity contribution in [1.82, 2.24) is 26.0 Å². The molecule has 0 bridgehead atoms. The van der Waals surface area contributed by atoms with Crippen LogP contribution >= 0.6 is 0 Å². The van der Waals surface area contributed by atoms with Crippen LogP contribution in [0.2, 0.25) is 0 Å². The van der Waals surface area contributed by atoms with Crippen LogP contribution in [0.1, 0.15) is 104 Å². The molecule has 0 radical (unpaired) electrons. The number of benzene rings is 2. The molecule has 298 valence electrons. The molecule has 2 fully saturated rings. The van der Waals surface area contributed by atoms with Crippen LogP contribution in [0.3, 0.4) is 0 Å². The number of rotatable bonds is 13. The molecular formula is C43H60N6O6. The number of hydrogen-bond donors (Lipinski definition) is 3. The van der Waals surface area contributed by atoms with E-state index in [-0.39, 0.29) is 53.7 Å². The number of ether oxygens (including phenoxy) is 2. The maximum absolute atomic E-state index is 13.7. The van der Waals surface area contributed by atoms with Gasteiger partial charge < -0.3 is 25.0 Å². The SMILES string of the molecule is COC(=O)N[C@H](C(=O)N1CCC[C@H]1C1=NC=C(c2ccc(-c3ccc([C@H](C)NC(=O)C4CCCC[C@H]4C(C)N(NC(=O)OC)C(C)C)cc3)cc2)C1)C(C)C. The smallest absolute Gasteiger partial charge is 0.421 e. The number of hydrazine groups is 1. The summed E-state index contributed by atoms with van der Waals surface area (Å²) in [5.41, 5.74) is 9.24. The number of methoxy groups -OCH3 is 2. The number of carbonyl (C=O) groups is 4. The van der Waals surface area contributed by atoms with Crippen LogP contribution in [0, 0.1) is 17.8 Å². The lowest BCUT2D eigenvalue weighted by molar-refractivity contribution is -0.134. The van der Waals surface area contributed by atoms with Crippen molar-refractivity contribution in [2.45, 2.75) is 117 Å². The third-order valence-corrected chi connectivity index (χ3v) is 11.6. The minimum absolute atomic E-state index is 0.0372. The fourth-order valence-corrected chi connectivity index (χ4v) is 8.45. The lowest BCUT2D eigenvalue weighted by atomic mass is 9.74. The number of amides is 4. The quantitative estimate of drug-likeness (QED) is 0.183. The van der Waals surface area contributed by atoms with Crippen LogP contribution in [0.5, 0.6) is 0 Å². The Labute approximate surface area is 326 Å². The second kappa shape index (κ2) is 18.8. The second-order valence-corrected chi connectivity index (χ2v) is 15.8. The highest BCUT2D eigenvalue weighted by Crippen LogP contribution is 2.36. The van der Waals surface area contributed by atoms with Gasteiger partial charge in [0.15, 0.2) is 0 Å². The summed E-state index contributed by atoms with van der Waals surface area (Å²) in [5, 5.41) is 7.92. The van der Waals surface area contributed by atoms with Crippen LogP contribution in [-0.2, 0) is 19.1 Å². The van der Waals surface area contributed by atoms with Crippen LogP contribution < -0.4 is 16.1 Å². The third kappa shape index (κ3) is 9.94. The van der Waals surface area contributed by atoms with Crippen LogP contribution in [0.15, 0.2) is 59.7 Å². The molecule has 5 rings (SSSR count). The zero-order valence-corrected chi connectivity index (χ0v) is 33.8. The van der Waals surface area contributed by atoms with Crippen LogP contribution in [0.25, 0.3) is 16.7 Å². The maximum Gasteiger partial charge on any atom is 0.421 e. The van der Waals surface area contributed by atoms with Gasteiger partial charge in [0.1, 0.15) is 6.04 Å². The summed E-state index contributed by atoms with van der Waals surface area (Å²) in [5.74, 6) is -0.167. The molecule has 3 aliphatic rings. The first-order valence-electron chi connectivity index (χ1n) is 19.9. The number of aliphatic imine (C=N–C) groups is 1. The Morgan fingerprint density at radius 3 is 2.02 bits per heavy atom. The number of likely N-dealkylation sites (tertiary alicyclic amines) is 1. The van der Waals surface area contributed by atoms with Gasteiger partial charge in [0.25, 0.3) is 0 Å². The highest BCUT2D eigenvalue weighted by molar-refractivity contribution is 6.03. The molecule has 2 heterocycles. The van der Waals surface area contributed by atoms with E-state index >= 15 is 0 Å². The molecule has 1 aliphatic carbocycles. The van der Waals surface area contributed by atoms with E-state index in [1.807, 2.05) is 50.7 Å². The molecule has 1 saturated heterocycles. The maximum atomic E-state index is 13.7. The monoisotopic (exact) mass is 756 g/mol. The average Bonchev–Trinajstić information content (AvgIpc) is 3.89. The molecule has 0 aromatic heterocycles. The Morgan fingerprint density at radius 1 is 0.782 bits per heavy atom. The minimum Gasteiger partial charge on any atom is -0.453 e. The standard InChI is InChI=1S/C43H60N6O6/c1-26(2)39(46-42(52)54-7)41(51)48-23-11-14-38(48)37-24-34(25-44-37)33-21-19-32(20-22-33)31-17-15-30(16-18-31)28(5)45-40(50)36-13-10-9-12-35(36)29(6)49(27(3)4)47-43(53)55-8/h15-22,25-29,35-36,38-39H,9-14,23-24H2,1-8H3,(H,45,50)(H,46,52)(H,47,53)/t28-,29?,35-,36?,38-,39-/m0/s1. The Hall–Kier alpha value is -4.71. The number of hydrogen-bond acceptors (Lipinski definition) is 8. The van der Waals surface area contributed by atoms with Gasteiger partial charge in [0, 0.05) is 42.9 Å². The Bertz CT molecular complexity index is 1720. The zero-order valence-electron chi connectivity index (χ0n) is 33.8. The molecule has 2 aliphatic heterocycles. The normalized spacial score (nSPS) is 21.4. The molecule has 4 amide bonds. The minimum atomic E-state index is -0.657. The van der Waals surface area contributed by atoms with Gasteiger partial charge >= 0.3 is 12.2 Å². The summed E-state index contributed by atoms with van der Waals surface area (Å²) >= 11 is 0. The molecule has 6 atom stereocenters. The van der Waals surface area contributed by atoms with Gasteiger partial charge in [-0.05, 0) is 93.0 Å². The Kier molecular flexibility index (Phi) is 14.1. The fourth-order valence-electron chi connectivity index (χ4n) is 8.45. The van der Waals surface area contributed by atoms with Gasteiger partial charge in [-0.3, -0.25) is 20.0 Å². The molecule has 12 nitrogen and oxygen atoms in total. The summed E-state index contributed by atoms with van der Waals surface area (Å²) < 4.78 is 9.62. The molecule has 12 heteroatoms. The molecule has 2 aromatic carbocycles. The average molecular weight is 757 g/mol. The topological polar surface area (TPSA) is 142 Å². The highest BCUT2D eigenvalue weighted by Gasteiger charge is 2.40. The fraction of sp³-hybridized carbons (Fsp3) is 0.558. The number of nitrogens with one attached hydrogen (secondary N) is 3. The van der Waals surface area contributed by atoms with Gasteiger partial charge in [0.05, 0.1) is 26.3 Å². The van der Waals surface area contributed by atoms with E-state index in [9.17, 15) is 19.2 Å². The van der Waals surface area contributed by atoms with E-state index < -0.39 is 18.2 Å². The van der Waals surface area contributed by atoms with Crippen LogP contribution in [0.4, 0.5) is 9.59 Å².